The fraction of sp³-hybridized carbons (Fsp3) is 0.125. The predicted octanol–water partition coefficient (Wildman–Crippen LogP) is 2.61. The summed E-state index contributed by atoms with van der Waals surface area (Å²) in [5, 5.41) is 4.90. The second kappa shape index (κ2) is 7.26. The Morgan fingerprint density at radius 3 is 2.43 bits per heavy atom. The molecule has 120 valence electrons. The molecule has 0 bridgehead atoms. The number of ether oxygens (including phenoxy) is 1. The second-order valence-corrected chi connectivity index (χ2v) is 4.80. The molecular weight excluding hydrogens is 301 g/mol. The van der Waals surface area contributed by atoms with Crippen molar-refractivity contribution in [3.63, 3.8) is 0 Å². The number of rotatable bonds is 5. The van der Waals surface area contributed by atoms with Crippen LogP contribution in [0.2, 0.25) is 0 Å². The van der Waals surface area contributed by atoms with E-state index in [2.05, 4.69) is 5.32 Å². The number of halogens is 1. The molecular formula is C16H16FN3O3. The molecule has 0 saturated heterocycles. The van der Waals surface area contributed by atoms with E-state index in [1.165, 1.54) is 12.1 Å². The third kappa shape index (κ3) is 4.99. The molecule has 0 aliphatic heterocycles. The minimum atomic E-state index is -0.900. The smallest absolute Gasteiger partial charge is 0.318 e. The van der Waals surface area contributed by atoms with E-state index in [0.29, 0.717) is 17.2 Å². The van der Waals surface area contributed by atoms with E-state index in [1.807, 2.05) is 5.32 Å². The molecule has 6 nitrogen and oxygen atoms in total. The number of urea groups is 1. The highest BCUT2D eigenvalue weighted by atomic mass is 19.1. The van der Waals surface area contributed by atoms with Crippen LogP contribution in [-0.4, -0.2) is 18.0 Å². The van der Waals surface area contributed by atoms with Crippen molar-refractivity contribution in [1.29, 1.82) is 0 Å². The van der Waals surface area contributed by atoms with Crippen LogP contribution >= 0.6 is 0 Å². The highest BCUT2D eigenvalue weighted by Crippen LogP contribution is 2.23. The highest BCUT2D eigenvalue weighted by molar-refractivity contribution is 5.97. The van der Waals surface area contributed by atoms with Crippen LogP contribution in [0, 0.1) is 5.82 Å². The van der Waals surface area contributed by atoms with Crippen molar-refractivity contribution >= 4 is 17.6 Å². The largest absolute Gasteiger partial charge is 0.457 e. The first-order chi connectivity index (χ1) is 10.9. The van der Waals surface area contributed by atoms with E-state index in [0.717, 1.165) is 0 Å². The van der Waals surface area contributed by atoms with Crippen LogP contribution in [0.1, 0.15) is 6.92 Å². The Morgan fingerprint density at radius 2 is 1.83 bits per heavy atom. The quantitative estimate of drug-likeness (QED) is 0.790. The van der Waals surface area contributed by atoms with Crippen LogP contribution in [-0.2, 0) is 4.79 Å². The number of hydrogen-bond donors (Lipinski definition) is 3. The lowest BCUT2D eigenvalue weighted by atomic mass is 10.2. The minimum absolute atomic E-state index is 0.380. The average Bonchev–Trinajstić information content (AvgIpc) is 2.48. The zero-order valence-electron chi connectivity index (χ0n) is 12.4. The van der Waals surface area contributed by atoms with Gasteiger partial charge in [-0.15, -0.1) is 0 Å². The molecule has 0 fully saturated rings. The van der Waals surface area contributed by atoms with Crippen molar-refractivity contribution in [1.82, 2.24) is 5.32 Å². The van der Waals surface area contributed by atoms with Crippen LogP contribution in [0.15, 0.2) is 48.5 Å². The number of amides is 3. The average molecular weight is 317 g/mol. The van der Waals surface area contributed by atoms with Crippen molar-refractivity contribution in [2.24, 2.45) is 5.73 Å². The molecule has 2 aromatic rings. The van der Waals surface area contributed by atoms with Gasteiger partial charge in [0.2, 0.25) is 5.91 Å². The van der Waals surface area contributed by atoms with E-state index in [1.54, 1.807) is 43.3 Å². The maximum Gasteiger partial charge on any atom is 0.318 e. The maximum atomic E-state index is 13.1. The lowest BCUT2D eigenvalue weighted by Gasteiger charge is -2.14. The van der Waals surface area contributed by atoms with E-state index < -0.39 is 18.0 Å². The molecule has 7 heteroatoms. The zero-order valence-corrected chi connectivity index (χ0v) is 12.4. The van der Waals surface area contributed by atoms with Gasteiger partial charge in [0.25, 0.3) is 0 Å². The molecule has 0 saturated carbocycles. The standard InChI is InChI=1S/C16H16FN3O3/c1-10(15(21)20-16(18)22)19-12-5-7-13(8-6-12)23-14-4-2-3-11(17)9-14/h2-10,19H,1H3,(H3,18,20,21,22)/t10-/m0/s1. The normalized spacial score (nSPS) is 11.4. The fourth-order valence-corrected chi connectivity index (χ4v) is 1.83. The summed E-state index contributed by atoms with van der Waals surface area (Å²) in [7, 11) is 0. The van der Waals surface area contributed by atoms with E-state index in [4.69, 9.17) is 10.5 Å². The van der Waals surface area contributed by atoms with Crippen LogP contribution in [0.4, 0.5) is 14.9 Å². The first kappa shape index (κ1) is 16.3. The van der Waals surface area contributed by atoms with Gasteiger partial charge in [-0.2, -0.15) is 0 Å². The van der Waals surface area contributed by atoms with Gasteiger partial charge in [-0.05, 0) is 43.3 Å². The first-order valence-corrected chi connectivity index (χ1v) is 6.84. The summed E-state index contributed by atoms with van der Waals surface area (Å²) >= 11 is 0. The highest BCUT2D eigenvalue weighted by Gasteiger charge is 2.13. The van der Waals surface area contributed by atoms with Crippen LogP contribution in [0.25, 0.3) is 0 Å². The van der Waals surface area contributed by atoms with Gasteiger partial charge in [0.1, 0.15) is 23.4 Å². The zero-order chi connectivity index (χ0) is 16.8. The maximum absolute atomic E-state index is 13.1. The molecule has 0 heterocycles. The number of carbonyl (C=O) groups is 2. The number of nitrogens with two attached hydrogens (primary N) is 1. The summed E-state index contributed by atoms with van der Waals surface area (Å²) < 4.78 is 18.6. The van der Waals surface area contributed by atoms with Crippen molar-refractivity contribution in [2.45, 2.75) is 13.0 Å². The molecule has 4 N–H and O–H groups in total. The molecule has 23 heavy (non-hydrogen) atoms. The van der Waals surface area contributed by atoms with Crippen molar-refractivity contribution in [3.05, 3.63) is 54.3 Å². The Balaban J connectivity index is 1.96. The van der Waals surface area contributed by atoms with Crippen molar-refractivity contribution < 1.29 is 18.7 Å². The monoisotopic (exact) mass is 317 g/mol. The van der Waals surface area contributed by atoms with Gasteiger partial charge < -0.3 is 15.8 Å². The number of hydrogen-bond acceptors (Lipinski definition) is 4. The minimum Gasteiger partial charge on any atom is -0.457 e. The number of benzene rings is 2. The van der Waals surface area contributed by atoms with Gasteiger partial charge in [-0.3, -0.25) is 10.1 Å². The molecule has 3 amide bonds. The summed E-state index contributed by atoms with van der Waals surface area (Å²) in [6.07, 6.45) is 0. The van der Waals surface area contributed by atoms with Gasteiger partial charge >= 0.3 is 6.03 Å². The lowest BCUT2D eigenvalue weighted by molar-refractivity contribution is -0.120. The van der Waals surface area contributed by atoms with Gasteiger partial charge in [0, 0.05) is 11.8 Å². The van der Waals surface area contributed by atoms with Crippen LogP contribution in [0.5, 0.6) is 11.5 Å². The predicted molar refractivity (Wildman–Crippen MR) is 83.7 cm³/mol. The third-order valence-corrected chi connectivity index (χ3v) is 2.91. The molecule has 2 rings (SSSR count). The summed E-state index contributed by atoms with van der Waals surface area (Å²) in [5.74, 6) is 0.00275. The van der Waals surface area contributed by atoms with Crippen LogP contribution < -0.4 is 21.1 Å². The van der Waals surface area contributed by atoms with Gasteiger partial charge in [-0.25, -0.2) is 9.18 Å². The fourth-order valence-electron chi connectivity index (χ4n) is 1.83. The van der Waals surface area contributed by atoms with E-state index >= 15 is 0 Å². The van der Waals surface area contributed by atoms with E-state index in [9.17, 15) is 14.0 Å². The van der Waals surface area contributed by atoms with Gasteiger partial charge in [0.05, 0.1) is 0 Å². The summed E-state index contributed by atoms with van der Waals surface area (Å²) in [4.78, 5) is 22.2. The number of anilines is 1. The molecule has 0 aliphatic rings. The third-order valence-electron chi connectivity index (χ3n) is 2.91. The first-order valence-electron chi connectivity index (χ1n) is 6.84. The lowest BCUT2D eigenvalue weighted by Crippen LogP contribution is -2.43. The molecule has 0 aliphatic carbocycles. The molecule has 0 radical (unpaired) electrons. The Bertz CT molecular complexity index is 704. The summed E-state index contributed by atoms with van der Waals surface area (Å²) in [6, 6.07) is 11.0. The number of imide groups is 1. The molecule has 0 aromatic heterocycles. The number of primary amides is 1. The Labute approximate surface area is 132 Å². The second-order valence-electron chi connectivity index (χ2n) is 4.80. The topological polar surface area (TPSA) is 93.4 Å². The molecule has 0 spiro atoms. The SMILES string of the molecule is C[C@H](Nc1ccc(Oc2cccc(F)c2)cc1)C(=O)NC(N)=O. The Hall–Kier alpha value is -3.09. The Kier molecular flexibility index (Phi) is 5.14. The summed E-state index contributed by atoms with van der Waals surface area (Å²) in [6.45, 7) is 1.59. The Morgan fingerprint density at radius 1 is 1.13 bits per heavy atom. The number of carbonyl (C=O) groups excluding carboxylic acids is 2. The van der Waals surface area contributed by atoms with Crippen LogP contribution in [0.3, 0.4) is 0 Å². The molecule has 0 unspecified atom stereocenters. The summed E-state index contributed by atoms with van der Waals surface area (Å²) in [5.41, 5.74) is 5.54. The molecule has 1 atom stereocenters. The van der Waals surface area contributed by atoms with E-state index in [-0.39, 0.29) is 5.82 Å². The van der Waals surface area contributed by atoms with Crippen molar-refractivity contribution in [3.8, 4) is 11.5 Å². The van der Waals surface area contributed by atoms with Crippen molar-refractivity contribution in [2.75, 3.05) is 5.32 Å². The molecule has 2 aromatic carbocycles. The number of nitrogens with one attached hydrogen (secondary N) is 2. The van der Waals surface area contributed by atoms with Gasteiger partial charge in [0.15, 0.2) is 0 Å². The van der Waals surface area contributed by atoms with Gasteiger partial charge in [-0.1, -0.05) is 6.07 Å².